The summed E-state index contributed by atoms with van der Waals surface area (Å²) in [6, 6.07) is 5.28. The zero-order valence-corrected chi connectivity index (χ0v) is 19.0. The number of hydrogen-bond acceptors (Lipinski definition) is 6. The highest BCUT2D eigenvalue weighted by Gasteiger charge is 2.39. The van der Waals surface area contributed by atoms with Crippen LogP contribution in [0.15, 0.2) is 30.0 Å². The Labute approximate surface area is 197 Å². The Morgan fingerprint density at radius 3 is 2.41 bits per heavy atom. The number of nitrogens with one attached hydrogen (secondary N) is 1. The Hall–Kier alpha value is -3.56. The summed E-state index contributed by atoms with van der Waals surface area (Å²) in [6.45, 7) is 4.97. The summed E-state index contributed by atoms with van der Waals surface area (Å²) >= 11 is 0. The van der Waals surface area contributed by atoms with Gasteiger partial charge in [0.1, 0.15) is 6.04 Å². The van der Waals surface area contributed by atoms with Crippen LogP contribution in [-0.2, 0) is 16.1 Å². The SMILES string of the molecule is O=C1CCC(N2Cc3cc(N4CCN(C=C5CCN(C(=O)O)CC5)CC4)ccc3C2=O)C(=O)N1. The first-order valence-electron chi connectivity index (χ1n) is 11.8. The van der Waals surface area contributed by atoms with Crippen molar-refractivity contribution >= 4 is 29.5 Å². The van der Waals surface area contributed by atoms with Gasteiger partial charge < -0.3 is 24.7 Å². The molecule has 0 aliphatic carbocycles. The zero-order chi connectivity index (χ0) is 23.8. The summed E-state index contributed by atoms with van der Waals surface area (Å²) < 4.78 is 0. The number of imide groups is 1. The third kappa shape index (κ3) is 4.32. The molecule has 1 aromatic carbocycles. The van der Waals surface area contributed by atoms with Gasteiger partial charge in [0.2, 0.25) is 11.8 Å². The smallest absolute Gasteiger partial charge is 0.407 e. The van der Waals surface area contributed by atoms with Crippen molar-refractivity contribution < 1.29 is 24.3 Å². The molecule has 10 heteroatoms. The van der Waals surface area contributed by atoms with Gasteiger partial charge >= 0.3 is 6.09 Å². The second kappa shape index (κ2) is 9.00. The first kappa shape index (κ1) is 22.2. The van der Waals surface area contributed by atoms with Gasteiger partial charge in [-0.15, -0.1) is 0 Å². The predicted molar refractivity (Wildman–Crippen MR) is 123 cm³/mol. The Kier molecular flexibility index (Phi) is 5.89. The number of fused-ring (bicyclic) bond motifs is 1. The summed E-state index contributed by atoms with van der Waals surface area (Å²) in [5.74, 6) is -0.828. The highest BCUT2D eigenvalue weighted by molar-refractivity contribution is 6.05. The van der Waals surface area contributed by atoms with Gasteiger partial charge in [-0.25, -0.2) is 4.79 Å². The molecule has 1 aromatic rings. The first-order valence-corrected chi connectivity index (χ1v) is 11.8. The van der Waals surface area contributed by atoms with Crippen LogP contribution in [0.2, 0.25) is 0 Å². The van der Waals surface area contributed by atoms with E-state index in [1.807, 2.05) is 12.1 Å². The van der Waals surface area contributed by atoms with Crippen LogP contribution in [0.3, 0.4) is 0 Å². The van der Waals surface area contributed by atoms with Crippen LogP contribution in [0.5, 0.6) is 0 Å². The lowest BCUT2D eigenvalue weighted by Gasteiger charge is -2.37. The number of hydrogen-bond donors (Lipinski definition) is 2. The van der Waals surface area contributed by atoms with E-state index in [-0.39, 0.29) is 18.2 Å². The topological polar surface area (TPSA) is 114 Å². The molecule has 4 heterocycles. The third-order valence-electron chi connectivity index (χ3n) is 7.23. The minimum Gasteiger partial charge on any atom is -0.465 e. The number of carbonyl (C=O) groups excluding carboxylic acids is 3. The monoisotopic (exact) mass is 467 g/mol. The van der Waals surface area contributed by atoms with Gasteiger partial charge in [-0.2, -0.15) is 0 Å². The molecule has 0 saturated carbocycles. The fourth-order valence-electron chi connectivity index (χ4n) is 5.24. The van der Waals surface area contributed by atoms with Crippen molar-refractivity contribution in [2.45, 2.75) is 38.3 Å². The van der Waals surface area contributed by atoms with Crippen LogP contribution in [0, 0.1) is 0 Å². The molecule has 180 valence electrons. The molecule has 4 amide bonds. The lowest BCUT2D eigenvalue weighted by atomic mass is 10.0. The van der Waals surface area contributed by atoms with Gasteiger partial charge in [-0.05, 0) is 49.2 Å². The maximum atomic E-state index is 12.9. The minimum absolute atomic E-state index is 0.151. The average Bonchev–Trinajstić information content (AvgIpc) is 3.15. The third-order valence-corrected chi connectivity index (χ3v) is 7.23. The molecule has 3 saturated heterocycles. The molecule has 2 N–H and O–H groups in total. The number of piperidine rings is 2. The molecule has 0 spiro atoms. The highest BCUT2D eigenvalue weighted by atomic mass is 16.4. The van der Waals surface area contributed by atoms with E-state index in [1.54, 1.807) is 4.90 Å². The second-order valence-electron chi connectivity index (χ2n) is 9.32. The minimum atomic E-state index is -0.844. The molecular formula is C24H29N5O5. The van der Waals surface area contributed by atoms with E-state index >= 15 is 0 Å². The summed E-state index contributed by atoms with van der Waals surface area (Å²) in [4.78, 5) is 55.3. The van der Waals surface area contributed by atoms with E-state index in [9.17, 15) is 19.2 Å². The first-order chi connectivity index (χ1) is 16.4. The molecule has 5 rings (SSSR count). The molecule has 34 heavy (non-hydrogen) atoms. The van der Waals surface area contributed by atoms with Gasteiger partial charge in [0.05, 0.1) is 0 Å². The lowest BCUT2D eigenvalue weighted by molar-refractivity contribution is -0.136. The summed E-state index contributed by atoms with van der Waals surface area (Å²) in [6.07, 6.45) is 3.55. The molecule has 0 radical (unpaired) electrons. The number of amides is 4. The fourth-order valence-corrected chi connectivity index (χ4v) is 5.24. The van der Waals surface area contributed by atoms with E-state index in [1.165, 1.54) is 10.5 Å². The summed E-state index contributed by atoms with van der Waals surface area (Å²) in [5.41, 5.74) is 3.92. The number of anilines is 1. The maximum Gasteiger partial charge on any atom is 0.407 e. The van der Waals surface area contributed by atoms with Crippen molar-refractivity contribution in [2.75, 3.05) is 44.2 Å². The van der Waals surface area contributed by atoms with E-state index in [0.29, 0.717) is 31.6 Å². The van der Waals surface area contributed by atoms with E-state index in [2.05, 4.69) is 27.4 Å². The number of carboxylic acid groups (broad SMARTS) is 1. The van der Waals surface area contributed by atoms with Crippen LogP contribution in [0.1, 0.15) is 41.6 Å². The van der Waals surface area contributed by atoms with Gasteiger partial charge in [-0.3, -0.25) is 19.7 Å². The van der Waals surface area contributed by atoms with Gasteiger partial charge in [0.15, 0.2) is 0 Å². The summed E-state index contributed by atoms with van der Waals surface area (Å²) in [7, 11) is 0. The normalized spacial score (nSPS) is 23.2. The van der Waals surface area contributed by atoms with Crippen LogP contribution in [0.25, 0.3) is 0 Å². The molecule has 1 unspecified atom stereocenters. The van der Waals surface area contributed by atoms with Crippen molar-refractivity contribution in [1.29, 1.82) is 0 Å². The van der Waals surface area contributed by atoms with Crippen molar-refractivity contribution in [2.24, 2.45) is 0 Å². The molecule has 4 aliphatic heterocycles. The number of piperazine rings is 1. The molecule has 1 atom stereocenters. The number of benzene rings is 1. The van der Waals surface area contributed by atoms with Crippen LogP contribution < -0.4 is 10.2 Å². The van der Waals surface area contributed by atoms with Crippen molar-refractivity contribution in [3.05, 3.63) is 41.1 Å². The number of likely N-dealkylation sites (tertiary alicyclic amines) is 1. The molecule has 4 aliphatic rings. The number of nitrogens with zero attached hydrogens (tertiary/aromatic N) is 4. The van der Waals surface area contributed by atoms with Crippen LogP contribution in [0.4, 0.5) is 10.5 Å². The molecule has 0 bridgehead atoms. The van der Waals surface area contributed by atoms with Gasteiger partial charge in [-0.1, -0.05) is 5.57 Å². The Bertz CT molecular complexity index is 1050. The zero-order valence-electron chi connectivity index (χ0n) is 19.0. The van der Waals surface area contributed by atoms with Crippen LogP contribution >= 0.6 is 0 Å². The fraction of sp³-hybridized carbons (Fsp3) is 0.500. The van der Waals surface area contributed by atoms with Crippen molar-refractivity contribution in [1.82, 2.24) is 20.0 Å². The highest BCUT2D eigenvalue weighted by Crippen LogP contribution is 2.31. The van der Waals surface area contributed by atoms with Crippen LogP contribution in [-0.4, -0.2) is 88.9 Å². The largest absolute Gasteiger partial charge is 0.465 e. The van der Waals surface area contributed by atoms with Gasteiger partial charge in [0, 0.05) is 63.5 Å². The lowest BCUT2D eigenvalue weighted by Crippen LogP contribution is -2.52. The Balaban J connectivity index is 1.19. The predicted octanol–water partition coefficient (Wildman–Crippen LogP) is 1.23. The molecule has 0 aromatic heterocycles. The Morgan fingerprint density at radius 1 is 1.00 bits per heavy atom. The second-order valence-corrected chi connectivity index (χ2v) is 9.32. The van der Waals surface area contributed by atoms with Crippen molar-refractivity contribution in [3.63, 3.8) is 0 Å². The standard InChI is InChI=1S/C24H29N5O5/c30-21-4-3-20(22(31)25-21)29-15-17-13-18(1-2-19(17)23(29)32)27-11-9-26(10-12-27)14-16-5-7-28(8-6-16)24(33)34/h1-2,13-14,20H,3-12,15H2,(H,33,34)(H,25,30,31). The molecular weight excluding hydrogens is 438 g/mol. The average molecular weight is 468 g/mol. The van der Waals surface area contributed by atoms with Crippen molar-refractivity contribution in [3.8, 4) is 0 Å². The number of carbonyl (C=O) groups is 4. The van der Waals surface area contributed by atoms with E-state index < -0.39 is 18.0 Å². The maximum absolute atomic E-state index is 12.9. The van der Waals surface area contributed by atoms with E-state index in [0.717, 1.165) is 50.3 Å². The van der Waals surface area contributed by atoms with Gasteiger partial charge in [0.25, 0.3) is 5.91 Å². The molecule has 3 fully saturated rings. The Morgan fingerprint density at radius 2 is 1.74 bits per heavy atom. The van der Waals surface area contributed by atoms with E-state index in [4.69, 9.17) is 5.11 Å². The summed E-state index contributed by atoms with van der Waals surface area (Å²) in [5, 5.41) is 11.4. The number of rotatable bonds is 3. The molecule has 10 nitrogen and oxygen atoms in total. The quantitative estimate of drug-likeness (QED) is 0.643.